The Labute approximate surface area is 103 Å². The molecular formula is C12H19BN2O2. The lowest BCUT2D eigenvalue weighted by Gasteiger charge is -2.32. The second-order valence-electron chi connectivity index (χ2n) is 5.45. The van der Waals surface area contributed by atoms with Gasteiger partial charge in [0.2, 0.25) is 0 Å². The largest absolute Gasteiger partial charge is 0.496 e. The Morgan fingerprint density at radius 2 is 1.82 bits per heavy atom. The van der Waals surface area contributed by atoms with E-state index in [0.29, 0.717) is 0 Å². The van der Waals surface area contributed by atoms with Crippen LogP contribution in [-0.4, -0.2) is 28.1 Å². The molecule has 4 nitrogen and oxygen atoms in total. The minimum atomic E-state index is -0.407. The average molecular weight is 234 g/mol. The summed E-state index contributed by atoms with van der Waals surface area (Å²) < 4.78 is 13.7. The summed E-state index contributed by atoms with van der Waals surface area (Å²) in [6, 6.07) is 1.91. The zero-order valence-corrected chi connectivity index (χ0v) is 11.2. The Hall–Kier alpha value is -1.07. The van der Waals surface area contributed by atoms with E-state index in [1.807, 2.05) is 40.8 Å². The van der Waals surface area contributed by atoms with Crippen molar-refractivity contribution in [2.24, 2.45) is 7.05 Å². The molecule has 1 aliphatic heterocycles. The van der Waals surface area contributed by atoms with Crippen LogP contribution in [0.15, 0.2) is 18.8 Å². The van der Waals surface area contributed by atoms with Crippen molar-refractivity contribution >= 4 is 12.6 Å². The molecule has 0 spiro atoms. The zero-order valence-electron chi connectivity index (χ0n) is 11.2. The second kappa shape index (κ2) is 3.72. The Kier molecular flexibility index (Phi) is 2.71. The number of nitrogens with zero attached hydrogens (tertiary/aromatic N) is 2. The van der Waals surface area contributed by atoms with Crippen LogP contribution < -0.4 is 0 Å². The maximum absolute atomic E-state index is 5.94. The van der Waals surface area contributed by atoms with Crippen molar-refractivity contribution in [2.45, 2.75) is 38.9 Å². The summed E-state index contributed by atoms with van der Waals surface area (Å²) in [6.07, 6.45) is 1.74. The predicted molar refractivity (Wildman–Crippen MR) is 68.3 cm³/mol. The van der Waals surface area contributed by atoms with Crippen molar-refractivity contribution in [1.82, 2.24) is 9.78 Å². The van der Waals surface area contributed by atoms with E-state index in [9.17, 15) is 0 Å². The van der Waals surface area contributed by atoms with Crippen LogP contribution in [0.5, 0.6) is 0 Å². The van der Waals surface area contributed by atoms with Crippen molar-refractivity contribution in [2.75, 3.05) is 0 Å². The van der Waals surface area contributed by atoms with Crippen molar-refractivity contribution in [3.05, 3.63) is 24.5 Å². The molecule has 0 N–H and O–H groups in total. The monoisotopic (exact) mass is 234 g/mol. The molecule has 1 saturated heterocycles. The van der Waals surface area contributed by atoms with Crippen molar-refractivity contribution in [3.63, 3.8) is 0 Å². The molecule has 1 aromatic heterocycles. The fraction of sp³-hybridized carbons (Fsp3) is 0.583. The second-order valence-corrected chi connectivity index (χ2v) is 5.45. The topological polar surface area (TPSA) is 36.3 Å². The predicted octanol–water partition coefficient (Wildman–Crippen LogP) is 2.06. The normalized spacial score (nSPS) is 21.8. The third kappa shape index (κ3) is 1.94. The summed E-state index contributed by atoms with van der Waals surface area (Å²) in [4.78, 5) is 0. The third-order valence-corrected chi connectivity index (χ3v) is 3.69. The molecule has 2 rings (SSSR count). The van der Waals surface area contributed by atoms with Crippen molar-refractivity contribution in [3.8, 4) is 0 Å². The lowest BCUT2D eigenvalue weighted by Crippen LogP contribution is -2.41. The maximum Gasteiger partial charge on any atom is 0.496 e. The van der Waals surface area contributed by atoms with Gasteiger partial charge in [-0.2, -0.15) is 5.10 Å². The number of rotatable bonds is 2. The van der Waals surface area contributed by atoms with Gasteiger partial charge >= 0.3 is 7.12 Å². The SMILES string of the molecule is C=C(B1OC(C)(C)C(C)(C)O1)c1ccnn1C. The van der Waals surface area contributed by atoms with Gasteiger partial charge in [0.25, 0.3) is 0 Å². The highest BCUT2D eigenvalue weighted by Crippen LogP contribution is 2.39. The summed E-state index contributed by atoms with van der Waals surface area (Å²) in [5.74, 6) is 0. The van der Waals surface area contributed by atoms with Gasteiger partial charge in [-0.1, -0.05) is 6.58 Å². The Bertz CT molecular complexity index is 435. The quantitative estimate of drug-likeness (QED) is 0.735. The number of aryl methyl sites for hydroxylation is 1. The molecule has 2 heterocycles. The van der Waals surface area contributed by atoms with Crippen molar-refractivity contribution in [1.29, 1.82) is 0 Å². The summed E-state index contributed by atoms with van der Waals surface area (Å²) in [7, 11) is 1.47. The van der Waals surface area contributed by atoms with Crippen molar-refractivity contribution < 1.29 is 9.31 Å². The first-order valence-electron chi connectivity index (χ1n) is 5.77. The van der Waals surface area contributed by atoms with E-state index in [1.54, 1.807) is 10.9 Å². The highest BCUT2D eigenvalue weighted by Gasteiger charge is 2.52. The summed E-state index contributed by atoms with van der Waals surface area (Å²) >= 11 is 0. The van der Waals surface area contributed by atoms with Crippen LogP contribution in [0.25, 0.3) is 5.47 Å². The number of hydrogen-bond acceptors (Lipinski definition) is 3. The van der Waals surface area contributed by atoms with Gasteiger partial charge in [0.05, 0.1) is 16.9 Å². The highest BCUT2D eigenvalue weighted by molar-refractivity contribution is 6.68. The molecule has 5 heteroatoms. The van der Waals surface area contributed by atoms with Gasteiger partial charge < -0.3 is 9.31 Å². The standard InChI is InChI=1S/C12H19BN2O2/c1-9(10-7-8-14-15(10)6)13-16-11(2,3)12(4,5)17-13/h7-8H,1H2,2-6H3. The van der Waals surface area contributed by atoms with Crippen LogP contribution in [0, 0.1) is 0 Å². The van der Waals surface area contributed by atoms with E-state index in [1.165, 1.54) is 0 Å². The third-order valence-electron chi connectivity index (χ3n) is 3.69. The van der Waals surface area contributed by atoms with E-state index in [4.69, 9.17) is 9.31 Å². The molecule has 0 aliphatic carbocycles. The number of aromatic nitrogens is 2. The van der Waals surface area contributed by atoms with Crippen LogP contribution in [0.2, 0.25) is 0 Å². The van der Waals surface area contributed by atoms with Crippen LogP contribution in [0.3, 0.4) is 0 Å². The Morgan fingerprint density at radius 3 is 2.24 bits per heavy atom. The Morgan fingerprint density at radius 1 is 1.29 bits per heavy atom. The van der Waals surface area contributed by atoms with E-state index < -0.39 is 7.12 Å². The van der Waals surface area contributed by atoms with Crippen LogP contribution in [-0.2, 0) is 16.4 Å². The van der Waals surface area contributed by atoms with Gasteiger partial charge in [-0.3, -0.25) is 4.68 Å². The van der Waals surface area contributed by atoms with Gasteiger partial charge in [-0.15, -0.1) is 0 Å². The van der Waals surface area contributed by atoms with Gasteiger partial charge in [0, 0.05) is 18.7 Å². The van der Waals surface area contributed by atoms with Gasteiger partial charge in [0.1, 0.15) is 0 Å². The summed E-state index contributed by atoms with van der Waals surface area (Å²) in [5, 5.41) is 4.13. The number of hydrogen-bond donors (Lipinski definition) is 0. The summed E-state index contributed by atoms with van der Waals surface area (Å²) in [5.41, 5.74) is 1.07. The van der Waals surface area contributed by atoms with Gasteiger partial charge in [-0.05, 0) is 33.8 Å². The molecule has 0 saturated carbocycles. The van der Waals surface area contributed by atoms with E-state index in [0.717, 1.165) is 11.2 Å². The zero-order chi connectivity index (χ0) is 12.8. The molecule has 17 heavy (non-hydrogen) atoms. The molecule has 0 amide bonds. The maximum atomic E-state index is 5.94. The smallest absolute Gasteiger partial charge is 0.399 e. The van der Waals surface area contributed by atoms with Gasteiger partial charge in [0.15, 0.2) is 0 Å². The first kappa shape index (κ1) is 12.4. The minimum Gasteiger partial charge on any atom is -0.399 e. The first-order valence-corrected chi connectivity index (χ1v) is 5.77. The molecule has 1 aromatic rings. The molecule has 0 radical (unpaired) electrons. The molecule has 0 unspecified atom stereocenters. The lowest BCUT2D eigenvalue weighted by molar-refractivity contribution is 0.00578. The minimum absolute atomic E-state index is 0.334. The van der Waals surface area contributed by atoms with E-state index in [2.05, 4.69) is 11.7 Å². The molecule has 92 valence electrons. The van der Waals surface area contributed by atoms with E-state index >= 15 is 0 Å². The highest BCUT2D eigenvalue weighted by atomic mass is 16.7. The molecule has 0 bridgehead atoms. The lowest BCUT2D eigenvalue weighted by atomic mass is 9.77. The fourth-order valence-electron chi connectivity index (χ4n) is 1.79. The molecule has 1 fully saturated rings. The van der Waals surface area contributed by atoms with E-state index in [-0.39, 0.29) is 11.2 Å². The molecule has 0 atom stereocenters. The first-order chi connectivity index (χ1) is 7.74. The molecule has 1 aliphatic rings. The Balaban J connectivity index is 2.23. The summed E-state index contributed by atoms with van der Waals surface area (Å²) in [6.45, 7) is 12.2. The fourth-order valence-corrected chi connectivity index (χ4v) is 1.79. The molecular weight excluding hydrogens is 215 g/mol. The van der Waals surface area contributed by atoms with Gasteiger partial charge in [-0.25, -0.2) is 0 Å². The van der Waals surface area contributed by atoms with Crippen LogP contribution >= 0.6 is 0 Å². The average Bonchev–Trinajstić information content (AvgIpc) is 2.68. The van der Waals surface area contributed by atoms with Crippen LogP contribution in [0.1, 0.15) is 33.4 Å². The van der Waals surface area contributed by atoms with Crippen LogP contribution in [0.4, 0.5) is 0 Å². The molecule has 0 aromatic carbocycles.